The molecular weight excluding hydrogens is 202 g/mol. The van der Waals surface area contributed by atoms with Crippen molar-refractivity contribution in [3.63, 3.8) is 0 Å². The third-order valence-corrected chi connectivity index (χ3v) is 2.03. The lowest BCUT2D eigenvalue weighted by Crippen LogP contribution is -2.13. The van der Waals surface area contributed by atoms with Crippen molar-refractivity contribution in [3.8, 4) is 0 Å². The molecule has 0 fully saturated rings. The average molecular weight is 208 g/mol. The first kappa shape index (κ1) is 8.90. The molecule has 2 rings (SSSR count). The Morgan fingerprint density at radius 1 is 1.29 bits per heavy atom. The van der Waals surface area contributed by atoms with Crippen molar-refractivity contribution in [2.75, 3.05) is 0 Å². The van der Waals surface area contributed by atoms with E-state index >= 15 is 0 Å². The molecule has 1 aromatic heterocycles. The van der Waals surface area contributed by atoms with Gasteiger partial charge in [0, 0.05) is 10.4 Å². The number of carbonyl (C=O) groups is 1. The highest BCUT2D eigenvalue weighted by Gasteiger charge is 2.04. The van der Waals surface area contributed by atoms with Gasteiger partial charge in [0.25, 0.3) is 5.91 Å². The molecule has 0 radical (unpaired) electrons. The van der Waals surface area contributed by atoms with E-state index in [1.807, 2.05) is 0 Å². The van der Waals surface area contributed by atoms with Crippen molar-refractivity contribution < 1.29 is 4.79 Å². The molecule has 0 unspecified atom stereocenters. The van der Waals surface area contributed by atoms with Crippen LogP contribution in [0.5, 0.6) is 0 Å². The Kier molecular flexibility index (Phi) is 2.05. The van der Waals surface area contributed by atoms with Gasteiger partial charge in [-0.15, -0.1) is 10.2 Å². The summed E-state index contributed by atoms with van der Waals surface area (Å²) in [7, 11) is 0. The minimum absolute atomic E-state index is 0.139. The summed E-state index contributed by atoms with van der Waals surface area (Å²) in [6.45, 7) is 0. The van der Waals surface area contributed by atoms with Crippen molar-refractivity contribution >= 4 is 28.4 Å². The van der Waals surface area contributed by atoms with Crippen LogP contribution in [0.4, 0.5) is 0 Å². The lowest BCUT2D eigenvalue weighted by atomic mass is 10.2. The lowest BCUT2D eigenvalue weighted by Gasteiger charge is -1.98. The van der Waals surface area contributed by atoms with E-state index in [0.717, 1.165) is 5.39 Å². The highest BCUT2D eigenvalue weighted by atomic mass is 35.5. The zero-order valence-electron chi connectivity index (χ0n) is 7.07. The standard InChI is InChI=1S/C9H6ClN3O/c10-6-1-2-7-5(3-6)4-8(9(11)14)13-12-7/h1-4H,(H2,11,14). The van der Waals surface area contributed by atoms with Gasteiger partial charge in [0.1, 0.15) is 0 Å². The summed E-state index contributed by atoms with van der Waals surface area (Å²) in [6.07, 6.45) is 0. The molecule has 0 aliphatic heterocycles. The summed E-state index contributed by atoms with van der Waals surface area (Å²) in [4.78, 5) is 10.8. The zero-order chi connectivity index (χ0) is 10.1. The van der Waals surface area contributed by atoms with Gasteiger partial charge in [-0.3, -0.25) is 4.79 Å². The SMILES string of the molecule is NC(=O)c1cc2cc(Cl)ccc2nn1. The van der Waals surface area contributed by atoms with Crippen LogP contribution in [0, 0.1) is 0 Å². The van der Waals surface area contributed by atoms with Gasteiger partial charge in [0.05, 0.1) is 5.52 Å². The third-order valence-electron chi connectivity index (χ3n) is 1.80. The van der Waals surface area contributed by atoms with E-state index in [1.165, 1.54) is 0 Å². The van der Waals surface area contributed by atoms with Gasteiger partial charge < -0.3 is 5.73 Å². The second-order valence-corrected chi connectivity index (χ2v) is 3.23. The Morgan fingerprint density at radius 3 is 2.79 bits per heavy atom. The molecule has 14 heavy (non-hydrogen) atoms. The normalized spacial score (nSPS) is 10.4. The minimum Gasteiger partial charge on any atom is -0.364 e. The van der Waals surface area contributed by atoms with Gasteiger partial charge in [-0.25, -0.2) is 0 Å². The van der Waals surface area contributed by atoms with E-state index in [-0.39, 0.29) is 5.69 Å². The van der Waals surface area contributed by atoms with Crippen LogP contribution in [0.25, 0.3) is 10.9 Å². The third kappa shape index (κ3) is 1.52. The van der Waals surface area contributed by atoms with Crippen LogP contribution in [0.1, 0.15) is 10.5 Å². The fourth-order valence-corrected chi connectivity index (χ4v) is 1.32. The monoisotopic (exact) mass is 207 g/mol. The van der Waals surface area contributed by atoms with Gasteiger partial charge in [-0.2, -0.15) is 0 Å². The van der Waals surface area contributed by atoms with Crippen LogP contribution in [0.3, 0.4) is 0 Å². The van der Waals surface area contributed by atoms with E-state index in [0.29, 0.717) is 10.5 Å². The number of hydrogen-bond donors (Lipinski definition) is 1. The number of aromatic nitrogens is 2. The Hall–Kier alpha value is -1.68. The number of amides is 1. The van der Waals surface area contributed by atoms with E-state index in [1.54, 1.807) is 24.3 Å². The molecule has 1 amide bonds. The topological polar surface area (TPSA) is 68.9 Å². The summed E-state index contributed by atoms with van der Waals surface area (Å²) in [5, 5.41) is 8.84. The molecule has 0 aliphatic rings. The molecule has 2 aromatic rings. The maximum Gasteiger partial charge on any atom is 0.269 e. The first-order valence-electron chi connectivity index (χ1n) is 3.89. The van der Waals surface area contributed by atoms with Crippen LogP contribution in [-0.2, 0) is 0 Å². The van der Waals surface area contributed by atoms with E-state index in [2.05, 4.69) is 10.2 Å². The van der Waals surface area contributed by atoms with Crippen molar-refractivity contribution in [1.82, 2.24) is 10.2 Å². The zero-order valence-corrected chi connectivity index (χ0v) is 7.82. The maximum atomic E-state index is 10.8. The van der Waals surface area contributed by atoms with Crippen molar-refractivity contribution in [3.05, 3.63) is 35.0 Å². The van der Waals surface area contributed by atoms with Crippen molar-refractivity contribution in [1.29, 1.82) is 0 Å². The van der Waals surface area contributed by atoms with Crippen LogP contribution < -0.4 is 5.73 Å². The Bertz CT molecular complexity index is 512. The molecule has 2 N–H and O–H groups in total. The number of primary amides is 1. The molecule has 70 valence electrons. The van der Waals surface area contributed by atoms with Gasteiger partial charge in [-0.1, -0.05) is 11.6 Å². The van der Waals surface area contributed by atoms with Gasteiger partial charge in [-0.05, 0) is 24.3 Å². The summed E-state index contributed by atoms with van der Waals surface area (Å²) in [6, 6.07) is 6.71. The van der Waals surface area contributed by atoms with Crippen LogP contribution >= 0.6 is 11.6 Å². The predicted molar refractivity (Wildman–Crippen MR) is 53.1 cm³/mol. The number of halogens is 1. The second kappa shape index (κ2) is 3.23. The quantitative estimate of drug-likeness (QED) is 0.768. The molecule has 1 aromatic carbocycles. The number of rotatable bonds is 1. The average Bonchev–Trinajstić information content (AvgIpc) is 2.16. The van der Waals surface area contributed by atoms with Crippen LogP contribution in [-0.4, -0.2) is 16.1 Å². The number of fused-ring (bicyclic) bond motifs is 1. The first-order valence-corrected chi connectivity index (χ1v) is 4.27. The minimum atomic E-state index is -0.598. The second-order valence-electron chi connectivity index (χ2n) is 2.80. The number of nitrogens with two attached hydrogens (primary N) is 1. The highest BCUT2D eigenvalue weighted by molar-refractivity contribution is 6.31. The summed E-state index contributed by atoms with van der Waals surface area (Å²) >= 11 is 5.79. The number of hydrogen-bond acceptors (Lipinski definition) is 3. The fourth-order valence-electron chi connectivity index (χ4n) is 1.14. The molecule has 0 saturated heterocycles. The molecule has 5 heteroatoms. The number of benzene rings is 1. The Morgan fingerprint density at radius 2 is 2.07 bits per heavy atom. The van der Waals surface area contributed by atoms with Gasteiger partial charge in [0.15, 0.2) is 5.69 Å². The molecule has 1 heterocycles. The summed E-state index contributed by atoms with van der Waals surface area (Å²) < 4.78 is 0. The number of carbonyl (C=O) groups excluding carboxylic acids is 1. The molecule has 0 bridgehead atoms. The number of nitrogens with zero attached hydrogens (tertiary/aromatic N) is 2. The summed E-state index contributed by atoms with van der Waals surface area (Å²) in [5.41, 5.74) is 5.89. The maximum absolute atomic E-state index is 10.8. The molecule has 0 aliphatic carbocycles. The predicted octanol–water partition coefficient (Wildman–Crippen LogP) is 1.38. The van der Waals surface area contributed by atoms with Crippen LogP contribution in [0.2, 0.25) is 5.02 Å². The van der Waals surface area contributed by atoms with Crippen molar-refractivity contribution in [2.24, 2.45) is 5.73 Å². The van der Waals surface area contributed by atoms with Gasteiger partial charge in [0.2, 0.25) is 0 Å². The Balaban J connectivity index is 2.69. The molecule has 0 atom stereocenters. The first-order chi connectivity index (χ1) is 6.66. The molecule has 4 nitrogen and oxygen atoms in total. The fraction of sp³-hybridized carbons (Fsp3) is 0. The molecule has 0 spiro atoms. The van der Waals surface area contributed by atoms with Crippen molar-refractivity contribution in [2.45, 2.75) is 0 Å². The van der Waals surface area contributed by atoms with E-state index in [9.17, 15) is 4.79 Å². The highest BCUT2D eigenvalue weighted by Crippen LogP contribution is 2.17. The molecule has 0 saturated carbocycles. The smallest absolute Gasteiger partial charge is 0.269 e. The lowest BCUT2D eigenvalue weighted by molar-refractivity contribution is 0.0995. The Labute approximate surface area is 84.7 Å². The summed E-state index contributed by atoms with van der Waals surface area (Å²) in [5.74, 6) is -0.598. The molecular formula is C9H6ClN3O. The van der Waals surface area contributed by atoms with E-state index < -0.39 is 5.91 Å². The van der Waals surface area contributed by atoms with Crippen LogP contribution in [0.15, 0.2) is 24.3 Å². The van der Waals surface area contributed by atoms with Gasteiger partial charge >= 0.3 is 0 Å². The van der Waals surface area contributed by atoms with E-state index in [4.69, 9.17) is 17.3 Å². The largest absolute Gasteiger partial charge is 0.364 e.